The molecule has 3 rings (SSSR count). The zero-order chi connectivity index (χ0) is 17.6. The summed E-state index contributed by atoms with van der Waals surface area (Å²) in [7, 11) is 1.62. The Kier molecular flexibility index (Phi) is 5.91. The van der Waals surface area contributed by atoms with Crippen LogP contribution in [0.1, 0.15) is 18.4 Å². The van der Waals surface area contributed by atoms with Crippen molar-refractivity contribution in [3.63, 3.8) is 0 Å². The molecule has 1 aromatic rings. The van der Waals surface area contributed by atoms with Crippen molar-refractivity contribution in [1.82, 2.24) is 15.1 Å². The Balaban J connectivity index is 1.49. The van der Waals surface area contributed by atoms with Crippen molar-refractivity contribution in [3.8, 4) is 5.75 Å². The number of nitrogens with zero attached hydrogens (tertiary/aromatic N) is 2. The maximum Gasteiger partial charge on any atom is 0.227 e. The number of carbonyl (C=O) groups excluding carboxylic acids is 2. The van der Waals surface area contributed by atoms with E-state index in [9.17, 15) is 9.59 Å². The lowest BCUT2D eigenvalue weighted by Gasteiger charge is -2.37. The number of hydrogen-bond acceptors (Lipinski definition) is 4. The average molecular weight is 345 g/mol. The summed E-state index contributed by atoms with van der Waals surface area (Å²) >= 11 is 0. The lowest BCUT2D eigenvalue weighted by Crippen LogP contribution is -2.53. The van der Waals surface area contributed by atoms with Crippen molar-refractivity contribution in [2.75, 3.05) is 46.4 Å². The monoisotopic (exact) mass is 345 g/mol. The van der Waals surface area contributed by atoms with Crippen LogP contribution in [0, 0.1) is 5.92 Å². The van der Waals surface area contributed by atoms with Gasteiger partial charge in [-0.3, -0.25) is 9.59 Å². The molecule has 0 radical (unpaired) electrons. The highest BCUT2D eigenvalue weighted by Crippen LogP contribution is 2.17. The van der Waals surface area contributed by atoms with Crippen LogP contribution in [-0.4, -0.2) is 68.0 Å². The summed E-state index contributed by atoms with van der Waals surface area (Å²) in [6, 6.07) is 7.61. The molecular weight excluding hydrogens is 318 g/mol. The number of nitrogens with one attached hydrogen (secondary N) is 1. The lowest BCUT2D eigenvalue weighted by atomic mass is 9.98. The van der Waals surface area contributed by atoms with Crippen LogP contribution in [-0.2, 0) is 16.0 Å². The quantitative estimate of drug-likeness (QED) is 0.881. The van der Waals surface area contributed by atoms with Crippen molar-refractivity contribution in [2.45, 2.75) is 19.3 Å². The van der Waals surface area contributed by atoms with E-state index in [1.54, 1.807) is 7.11 Å². The van der Waals surface area contributed by atoms with Gasteiger partial charge < -0.3 is 19.9 Å². The Hall–Kier alpha value is -2.08. The van der Waals surface area contributed by atoms with Crippen LogP contribution in [0.2, 0.25) is 0 Å². The summed E-state index contributed by atoms with van der Waals surface area (Å²) in [6.45, 7) is 4.31. The molecule has 1 atom stereocenters. The second-order valence-electron chi connectivity index (χ2n) is 6.78. The van der Waals surface area contributed by atoms with E-state index < -0.39 is 0 Å². The molecule has 0 aliphatic carbocycles. The Morgan fingerprint density at radius 1 is 1.20 bits per heavy atom. The number of piperidine rings is 1. The van der Waals surface area contributed by atoms with Gasteiger partial charge >= 0.3 is 0 Å². The topological polar surface area (TPSA) is 61.9 Å². The Bertz CT molecular complexity index is 606. The fourth-order valence-corrected chi connectivity index (χ4v) is 3.57. The third kappa shape index (κ3) is 4.51. The molecule has 0 saturated carbocycles. The number of carbonyl (C=O) groups is 2. The third-order valence-corrected chi connectivity index (χ3v) is 5.08. The van der Waals surface area contributed by atoms with Gasteiger partial charge in [0.25, 0.3) is 0 Å². The van der Waals surface area contributed by atoms with E-state index in [1.165, 1.54) is 0 Å². The Morgan fingerprint density at radius 3 is 2.64 bits per heavy atom. The maximum absolute atomic E-state index is 12.6. The molecule has 2 saturated heterocycles. The van der Waals surface area contributed by atoms with Crippen LogP contribution < -0.4 is 10.1 Å². The Morgan fingerprint density at radius 2 is 1.96 bits per heavy atom. The van der Waals surface area contributed by atoms with E-state index >= 15 is 0 Å². The van der Waals surface area contributed by atoms with Crippen molar-refractivity contribution in [1.29, 1.82) is 0 Å². The molecule has 2 aliphatic heterocycles. The second kappa shape index (κ2) is 8.34. The molecule has 6 nitrogen and oxygen atoms in total. The van der Waals surface area contributed by atoms with Crippen LogP contribution in [0.25, 0.3) is 0 Å². The Labute approximate surface area is 149 Å². The molecule has 2 fully saturated rings. The first-order chi connectivity index (χ1) is 12.2. The average Bonchev–Trinajstić information content (AvgIpc) is 2.68. The van der Waals surface area contributed by atoms with Crippen LogP contribution >= 0.6 is 0 Å². The summed E-state index contributed by atoms with van der Waals surface area (Å²) in [5.41, 5.74) is 0.955. The fourth-order valence-electron chi connectivity index (χ4n) is 3.57. The zero-order valence-corrected chi connectivity index (χ0v) is 14.9. The maximum atomic E-state index is 12.6. The molecule has 136 valence electrons. The van der Waals surface area contributed by atoms with Crippen molar-refractivity contribution < 1.29 is 14.3 Å². The minimum atomic E-state index is 0.104. The summed E-state index contributed by atoms with van der Waals surface area (Å²) in [5.74, 6) is 1.22. The van der Waals surface area contributed by atoms with Gasteiger partial charge in [-0.15, -0.1) is 0 Å². The molecule has 1 aromatic carbocycles. The van der Waals surface area contributed by atoms with E-state index in [2.05, 4.69) is 5.32 Å². The predicted molar refractivity (Wildman–Crippen MR) is 95.5 cm³/mol. The number of benzene rings is 1. The summed E-state index contributed by atoms with van der Waals surface area (Å²) in [6.07, 6.45) is 2.41. The minimum Gasteiger partial charge on any atom is -0.497 e. The summed E-state index contributed by atoms with van der Waals surface area (Å²) in [4.78, 5) is 28.9. The predicted octanol–water partition coefficient (Wildman–Crippen LogP) is 0.908. The van der Waals surface area contributed by atoms with Gasteiger partial charge in [-0.25, -0.2) is 0 Å². The number of rotatable bonds is 4. The molecule has 2 aliphatic rings. The molecule has 6 heteroatoms. The molecule has 1 N–H and O–H groups in total. The van der Waals surface area contributed by atoms with E-state index in [1.807, 2.05) is 34.1 Å². The normalized spacial score (nSPS) is 21.1. The number of hydrogen-bond donors (Lipinski definition) is 1. The minimum absolute atomic E-state index is 0.104. The van der Waals surface area contributed by atoms with Gasteiger partial charge in [0.15, 0.2) is 0 Å². The van der Waals surface area contributed by atoms with Gasteiger partial charge in [0.05, 0.1) is 19.4 Å². The van der Waals surface area contributed by atoms with Gasteiger partial charge in [-0.2, -0.15) is 0 Å². The van der Waals surface area contributed by atoms with Crippen LogP contribution in [0.4, 0.5) is 0 Å². The van der Waals surface area contributed by atoms with E-state index in [0.717, 1.165) is 37.2 Å². The standard InChI is InChI=1S/C19H27N3O3/c1-25-17-6-2-4-15(12-17)13-18(23)21-8-10-22(11-9-21)19(24)16-5-3-7-20-14-16/h2,4,6,12,16,20H,3,5,7-11,13-14H2,1H3. The van der Waals surface area contributed by atoms with Gasteiger partial charge in [-0.1, -0.05) is 12.1 Å². The van der Waals surface area contributed by atoms with Gasteiger partial charge in [0.1, 0.15) is 5.75 Å². The second-order valence-corrected chi connectivity index (χ2v) is 6.78. The third-order valence-electron chi connectivity index (χ3n) is 5.08. The molecule has 1 unspecified atom stereocenters. The summed E-state index contributed by atoms with van der Waals surface area (Å²) < 4.78 is 5.21. The molecule has 0 spiro atoms. The highest BCUT2D eigenvalue weighted by Gasteiger charge is 2.29. The van der Waals surface area contributed by atoms with E-state index in [-0.39, 0.29) is 17.7 Å². The smallest absolute Gasteiger partial charge is 0.227 e. The van der Waals surface area contributed by atoms with Gasteiger partial charge in [0.2, 0.25) is 11.8 Å². The number of ether oxygens (including phenoxy) is 1. The van der Waals surface area contributed by atoms with Crippen LogP contribution in [0.15, 0.2) is 24.3 Å². The molecule has 2 amide bonds. The van der Waals surface area contributed by atoms with Gasteiger partial charge in [0, 0.05) is 32.7 Å². The number of methoxy groups -OCH3 is 1. The van der Waals surface area contributed by atoms with Crippen molar-refractivity contribution >= 4 is 11.8 Å². The highest BCUT2D eigenvalue weighted by molar-refractivity contribution is 5.81. The highest BCUT2D eigenvalue weighted by atomic mass is 16.5. The SMILES string of the molecule is COc1cccc(CC(=O)N2CCN(C(=O)C3CCCNC3)CC2)c1. The van der Waals surface area contributed by atoms with Gasteiger partial charge in [-0.05, 0) is 37.1 Å². The zero-order valence-electron chi connectivity index (χ0n) is 14.9. The van der Waals surface area contributed by atoms with Crippen molar-refractivity contribution in [3.05, 3.63) is 29.8 Å². The first-order valence-electron chi connectivity index (χ1n) is 9.07. The summed E-state index contributed by atoms with van der Waals surface area (Å²) in [5, 5.41) is 3.30. The molecule has 25 heavy (non-hydrogen) atoms. The van der Waals surface area contributed by atoms with E-state index in [0.29, 0.717) is 32.6 Å². The van der Waals surface area contributed by atoms with Crippen molar-refractivity contribution in [2.24, 2.45) is 5.92 Å². The molecular formula is C19H27N3O3. The first kappa shape index (κ1) is 17.7. The molecule has 2 heterocycles. The number of amides is 2. The molecule has 0 bridgehead atoms. The lowest BCUT2D eigenvalue weighted by molar-refractivity contribution is -0.142. The van der Waals surface area contributed by atoms with Crippen LogP contribution in [0.5, 0.6) is 5.75 Å². The van der Waals surface area contributed by atoms with Crippen LogP contribution in [0.3, 0.4) is 0 Å². The molecule has 0 aromatic heterocycles. The largest absolute Gasteiger partial charge is 0.497 e. The fraction of sp³-hybridized carbons (Fsp3) is 0.579. The number of piperazine rings is 1. The van der Waals surface area contributed by atoms with E-state index in [4.69, 9.17) is 4.74 Å². The first-order valence-corrected chi connectivity index (χ1v) is 9.07.